The number of fused-ring (bicyclic) bond motifs is 1. The highest BCUT2D eigenvalue weighted by atomic mass is 16.4. The van der Waals surface area contributed by atoms with Crippen LogP contribution in [-0.2, 0) is 19.3 Å². The average molecular weight is 247 g/mol. The van der Waals surface area contributed by atoms with Gasteiger partial charge in [0.2, 0.25) is 0 Å². The number of aromatic nitrogens is 1. The van der Waals surface area contributed by atoms with E-state index in [9.17, 15) is 9.90 Å². The normalized spacial score (nSPS) is 18.4. The molecule has 1 unspecified atom stereocenters. The molecule has 1 atom stereocenters. The Labute approximate surface area is 108 Å². The van der Waals surface area contributed by atoms with Crippen molar-refractivity contribution >= 4 is 5.97 Å². The van der Waals surface area contributed by atoms with Crippen LogP contribution in [0.1, 0.15) is 60.4 Å². The van der Waals surface area contributed by atoms with E-state index in [1.807, 2.05) is 6.07 Å². The molecule has 1 aliphatic rings. The number of carbonyl (C=O) groups is 1. The minimum atomic E-state index is -0.840. The molecule has 1 N–H and O–H groups in total. The summed E-state index contributed by atoms with van der Waals surface area (Å²) in [6, 6.07) is 1.87. The van der Waals surface area contributed by atoms with Crippen LogP contribution in [0.3, 0.4) is 0 Å². The van der Waals surface area contributed by atoms with Gasteiger partial charge in [-0.05, 0) is 43.2 Å². The summed E-state index contributed by atoms with van der Waals surface area (Å²) in [5.41, 5.74) is 3.46. The van der Waals surface area contributed by atoms with Crippen molar-refractivity contribution in [2.45, 2.75) is 52.4 Å². The molecule has 18 heavy (non-hydrogen) atoms. The first-order chi connectivity index (χ1) is 8.65. The van der Waals surface area contributed by atoms with Crippen molar-refractivity contribution < 1.29 is 9.90 Å². The third kappa shape index (κ3) is 2.55. The molecule has 0 radical (unpaired) electrons. The summed E-state index contributed by atoms with van der Waals surface area (Å²) in [5.74, 6) is -0.148. The molecule has 2 rings (SSSR count). The Kier molecular flexibility index (Phi) is 4.00. The number of carboxylic acid groups (broad SMARTS) is 1. The van der Waals surface area contributed by atoms with Crippen LogP contribution in [0, 0.1) is 5.92 Å². The Hall–Kier alpha value is -1.38. The zero-order valence-corrected chi connectivity index (χ0v) is 11.2. The predicted molar refractivity (Wildman–Crippen MR) is 71.0 cm³/mol. The van der Waals surface area contributed by atoms with Crippen LogP contribution < -0.4 is 0 Å². The summed E-state index contributed by atoms with van der Waals surface area (Å²) in [6.45, 7) is 4.26. The van der Waals surface area contributed by atoms with Crippen LogP contribution >= 0.6 is 0 Å². The van der Waals surface area contributed by atoms with Crippen molar-refractivity contribution in [2.75, 3.05) is 0 Å². The fourth-order valence-corrected chi connectivity index (χ4v) is 2.74. The molecule has 0 bridgehead atoms. The highest BCUT2D eigenvalue weighted by Gasteiger charge is 2.22. The molecule has 0 spiro atoms. The second-order valence-electron chi connectivity index (χ2n) is 5.16. The van der Waals surface area contributed by atoms with Gasteiger partial charge in [-0.2, -0.15) is 0 Å². The minimum absolute atomic E-state index is 0.410. The summed E-state index contributed by atoms with van der Waals surface area (Å²) < 4.78 is 0. The van der Waals surface area contributed by atoms with Gasteiger partial charge < -0.3 is 5.11 Å². The number of rotatable bonds is 4. The van der Waals surface area contributed by atoms with E-state index in [1.165, 1.54) is 12.8 Å². The fourth-order valence-electron chi connectivity index (χ4n) is 2.74. The van der Waals surface area contributed by atoms with Crippen molar-refractivity contribution in [1.82, 2.24) is 4.98 Å². The number of hydrogen-bond donors (Lipinski definition) is 1. The highest BCUT2D eigenvalue weighted by Crippen LogP contribution is 2.28. The summed E-state index contributed by atoms with van der Waals surface area (Å²) in [6.07, 6.45) is 6.04. The second kappa shape index (κ2) is 5.51. The van der Waals surface area contributed by atoms with Gasteiger partial charge in [-0.25, -0.2) is 4.79 Å². The molecule has 1 heterocycles. The van der Waals surface area contributed by atoms with Gasteiger partial charge in [0.05, 0.1) is 11.3 Å². The highest BCUT2D eigenvalue weighted by molar-refractivity contribution is 5.89. The average Bonchev–Trinajstić information content (AvgIpc) is 2.37. The van der Waals surface area contributed by atoms with Crippen molar-refractivity contribution in [3.05, 3.63) is 28.6 Å². The van der Waals surface area contributed by atoms with Gasteiger partial charge in [0.15, 0.2) is 0 Å². The van der Waals surface area contributed by atoms with Crippen LogP contribution in [0.5, 0.6) is 0 Å². The topological polar surface area (TPSA) is 50.2 Å². The molecular weight excluding hydrogens is 226 g/mol. The van der Waals surface area contributed by atoms with Crippen LogP contribution in [-0.4, -0.2) is 16.1 Å². The maximum absolute atomic E-state index is 11.3. The van der Waals surface area contributed by atoms with E-state index in [4.69, 9.17) is 0 Å². The lowest BCUT2D eigenvalue weighted by molar-refractivity contribution is 0.0695. The molecule has 0 saturated heterocycles. The Morgan fingerprint density at radius 2 is 2.28 bits per heavy atom. The van der Waals surface area contributed by atoms with Crippen LogP contribution in [0.2, 0.25) is 0 Å². The Bertz CT molecular complexity index is 454. The molecule has 1 aliphatic carbocycles. The van der Waals surface area contributed by atoms with Crippen LogP contribution in [0.4, 0.5) is 0 Å². The van der Waals surface area contributed by atoms with Gasteiger partial charge in [0, 0.05) is 5.69 Å². The SMILES string of the molecule is CCCc1nc2c(cc1C(=O)O)CC(CC)CC2. The molecule has 0 saturated carbocycles. The summed E-state index contributed by atoms with van der Waals surface area (Å²) >= 11 is 0. The maximum Gasteiger partial charge on any atom is 0.337 e. The quantitative estimate of drug-likeness (QED) is 0.888. The number of aryl methyl sites for hydroxylation is 2. The van der Waals surface area contributed by atoms with Gasteiger partial charge in [-0.3, -0.25) is 4.98 Å². The lowest BCUT2D eigenvalue weighted by Gasteiger charge is -2.24. The molecule has 1 aromatic heterocycles. The van der Waals surface area contributed by atoms with Gasteiger partial charge in [0.1, 0.15) is 0 Å². The van der Waals surface area contributed by atoms with Crippen molar-refractivity contribution in [2.24, 2.45) is 5.92 Å². The molecule has 3 heteroatoms. The lowest BCUT2D eigenvalue weighted by atomic mass is 9.84. The van der Waals surface area contributed by atoms with Gasteiger partial charge in [-0.15, -0.1) is 0 Å². The first kappa shape index (κ1) is 13.1. The Morgan fingerprint density at radius 1 is 1.50 bits per heavy atom. The zero-order valence-electron chi connectivity index (χ0n) is 11.2. The summed E-state index contributed by atoms with van der Waals surface area (Å²) in [5, 5.41) is 9.28. The monoisotopic (exact) mass is 247 g/mol. The van der Waals surface area contributed by atoms with Crippen molar-refractivity contribution in [1.29, 1.82) is 0 Å². The molecular formula is C15H21NO2. The van der Waals surface area contributed by atoms with E-state index in [1.54, 1.807) is 0 Å². The Morgan fingerprint density at radius 3 is 2.89 bits per heavy atom. The Balaban J connectivity index is 2.39. The van der Waals surface area contributed by atoms with E-state index >= 15 is 0 Å². The minimum Gasteiger partial charge on any atom is -0.478 e. The van der Waals surface area contributed by atoms with Gasteiger partial charge in [0.25, 0.3) is 0 Å². The van der Waals surface area contributed by atoms with E-state index in [2.05, 4.69) is 18.8 Å². The van der Waals surface area contributed by atoms with Crippen molar-refractivity contribution in [3.8, 4) is 0 Å². The molecule has 0 fully saturated rings. The second-order valence-corrected chi connectivity index (χ2v) is 5.16. The summed E-state index contributed by atoms with van der Waals surface area (Å²) in [4.78, 5) is 15.9. The number of carboxylic acids is 1. The van der Waals surface area contributed by atoms with Crippen molar-refractivity contribution in [3.63, 3.8) is 0 Å². The first-order valence-corrected chi connectivity index (χ1v) is 6.90. The molecule has 3 nitrogen and oxygen atoms in total. The van der Waals surface area contributed by atoms with Crippen LogP contribution in [0.25, 0.3) is 0 Å². The van der Waals surface area contributed by atoms with E-state index in [0.717, 1.165) is 42.6 Å². The summed E-state index contributed by atoms with van der Waals surface area (Å²) in [7, 11) is 0. The van der Waals surface area contributed by atoms with Gasteiger partial charge in [-0.1, -0.05) is 26.7 Å². The smallest absolute Gasteiger partial charge is 0.337 e. The van der Waals surface area contributed by atoms with E-state index < -0.39 is 5.97 Å². The fraction of sp³-hybridized carbons (Fsp3) is 0.600. The standard InChI is InChI=1S/C15H21NO2/c1-3-5-14-12(15(17)18)9-11-8-10(4-2)6-7-13(11)16-14/h9-10H,3-8H2,1-2H3,(H,17,18). The largest absolute Gasteiger partial charge is 0.478 e. The van der Waals surface area contributed by atoms with Crippen LogP contribution in [0.15, 0.2) is 6.07 Å². The third-order valence-electron chi connectivity index (χ3n) is 3.86. The maximum atomic E-state index is 11.3. The van der Waals surface area contributed by atoms with E-state index in [0.29, 0.717) is 11.5 Å². The lowest BCUT2D eigenvalue weighted by Crippen LogP contribution is -2.18. The molecule has 0 aliphatic heterocycles. The number of pyridine rings is 1. The van der Waals surface area contributed by atoms with Gasteiger partial charge >= 0.3 is 5.97 Å². The molecule has 98 valence electrons. The number of aromatic carboxylic acids is 1. The van der Waals surface area contributed by atoms with E-state index in [-0.39, 0.29) is 0 Å². The third-order valence-corrected chi connectivity index (χ3v) is 3.86. The zero-order chi connectivity index (χ0) is 13.1. The predicted octanol–water partition coefficient (Wildman–Crippen LogP) is 3.25. The number of nitrogens with zero attached hydrogens (tertiary/aromatic N) is 1. The molecule has 0 aromatic carbocycles. The molecule has 0 amide bonds. The number of hydrogen-bond acceptors (Lipinski definition) is 2. The first-order valence-electron chi connectivity index (χ1n) is 6.90. The molecule has 1 aromatic rings.